The largest absolute Gasteiger partial charge is 0.494 e. The summed E-state index contributed by atoms with van der Waals surface area (Å²) in [5.74, 6) is 2.85. The van der Waals surface area contributed by atoms with Gasteiger partial charge in [-0.1, -0.05) is 6.07 Å². The van der Waals surface area contributed by atoms with E-state index < -0.39 is 0 Å². The highest BCUT2D eigenvalue weighted by molar-refractivity contribution is 5.73. The fourth-order valence-corrected chi connectivity index (χ4v) is 3.19. The van der Waals surface area contributed by atoms with Crippen molar-refractivity contribution in [1.82, 2.24) is 19.9 Å². The van der Waals surface area contributed by atoms with E-state index in [-0.39, 0.29) is 0 Å². The summed E-state index contributed by atoms with van der Waals surface area (Å²) in [7, 11) is 1.62. The molecule has 2 atom stereocenters. The van der Waals surface area contributed by atoms with E-state index in [1.807, 2.05) is 19.2 Å². The summed E-state index contributed by atoms with van der Waals surface area (Å²) >= 11 is 0. The quantitative estimate of drug-likeness (QED) is 0.665. The molecule has 2 unspecified atom stereocenters. The maximum atomic E-state index is 6.12. The predicted octanol–water partition coefficient (Wildman–Crippen LogP) is 3.74. The smallest absolute Gasteiger partial charge is 0.224 e. The van der Waals surface area contributed by atoms with Crippen molar-refractivity contribution in [1.29, 1.82) is 0 Å². The second-order valence-electron chi connectivity index (χ2n) is 6.89. The van der Waals surface area contributed by atoms with Crippen LogP contribution in [0.4, 0.5) is 0 Å². The topological polar surface area (TPSA) is 70.0 Å². The summed E-state index contributed by atoms with van der Waals surface area (Å²) in [6, 6.07) is 6.11. The van der Waals surface area contributed by atoms with Crippen LogP contribution in [0.2, 0.25) is 0 Å². The van der Waals surface area contributed by atoms with Crippen LogP contribution in [0.15, 0.2) is 43.0 Å². The highest BCUT2D eigenvalue weighted by Crippen LogP contribution is 2.47. The van der Waals surface area contributed by atoms with Crippen molar-refractivity contribution in [2.24, 2.45) is 5.92 Å². The molecule has 0 bridgehead atoms. The van der Waals surface area contributed by atoms with Crippen LogP contribution in [-0.4, -0.2) is 33.7 Å². The van der Waals surface area contributed by atoms with Gasteiger partial charge in [-0.15, -0.1) is 0 Å². The Bertz CT molecular complexity index is 943. The van der Waals surface area contributed by atoms with Crippen LogP contribution in [0.25, 0.3) is 11.1 Å². The molecule has 4 rings (SSSR count). The minimum absolute atomic E-state index is 0.461. The number of nitrogens with zero attached hydrogens (tertiary/aromatic N) is 4. The minimum Gasteiger partial charge on any atom is -0.494 e. The molecule has 0 amide bonds. The van der Waals surface area contributed by atoms with Crippen molar-refractivity contribution < 1.29 is 9.47 Å². The number of rotatable bonds is 6. The molecule has 1 fully saturated rings. The van der Waals surface area contributed by atoms with Crippen LogP contribution in [-0.2, 0) is 0 Å². The number of hydrogen-bond donors (Lipinski definition) is 0. The molecule has 138 valence electrons. The summed E-state index contributed by atoms with van der Waals surface area (Å²) in [6.07, 6.45) is 8.20. The molecule has 6 nitrogen and oxygen atoms in total. The number of hydrogen-bond acceptors (Lipinski definition) is 6. The van der Waals surface area contributed by atoms with Crippen molar-refractivity contribution in [3.63, 3.8) is 0 Å². The van der Waals surface area contributed by atoms with Gasteiger partial charge in [0, 0.05) is 41.7 Å². The predicted molar refractivity (Wildman–Crippen MR) is 102 cm³/mol. The minimum atomic E-state index is 0.461. The lowest BCUT2D eigenvalue weighted by Gasteiger charge is -2.13. The van der Waals surface area contributed by atoms with Gasteiger partial charge in [-0.25, -0.2) is 4.98 Å². The summed E-state index contributed by atoms with van der Waals surface area (Å²) in [5, 5.41) is 0. The molecule has 0 N–H and O–H groups in total. The summed E-state index contributed by atoms with van der Waals surface area (Å²) in [5.41, 5.74) is 4.00. The van der Waals surface area contributed by atoms with Crippen molar-refractivity contribution in [2.75, 3.05) is 13.7 Å². The second-order valence-corrected chi connectivity index (χ2v) is 6.89. The lowest BCUT2D eigenvalue weighted by molar-refractivity contribution is 0.285. The van der Waals surface area contributed by atoms with E-state index in [2.05, 4.69) is 39.0 Å². The Morgan fingerprint density at radius 3 is 2.70 bits per heavy atom. The third-order valence-corrected chi connectivity index (χ3v) is 4.84. The molecule has 0 saturated heterocycles. The summed E-state index contributed by atoms with van der Waals surface area (Å²) < 4.78 is 11.5. The zero-order valence-corrected chi connectivity index (χ0v) is 15.7. The molecule has 3 heterocycles. The lowest BCUT2D eigenvalue weighted by Crippen LogP contribution is -2.06. The molecule has 1 aliphatic carbocycles. The van der Waals surface area contributed by atoms with E-state index in [1.54, 1.807) is 25.7 Å². The van der Waals surface area contributed by atoms with E-state index in [1.165, 1.54) is 5.56 Å². The van der Waals surface area contributed by atoms with Crippen LogP contribution in [0.3, 0.4) is 0 Å². The van der Waals surface area contributed by atoms with Gasteiger partial charge in [0.15, 0.2) is 0 Å². The molecule has 3 aromatic heterocycles. The highest BCUT2D eigenvalue weighted by Gasteiger charge is 2.40. The maximum absolute atomic E-state index is 6.12. The molecule has 3 aromatic rings. The van der Waals surface area contributed by atoms with Gasteiger partial charge >= 0.3 is 0 Å². The number of ether oxygens (including phenoxy) is 2. The molecule has 0 radical (unpaired) electrons. The van der Waals surface area contributed by atoms with Crippen LogP contribution < -0.4 is 9.47 Å². The number of aromatic nitrogens is 4. The molecule has 6 heteroatoms. The van der Waals surface area contributed by atoms with Crippen molar-refractivity contribution in [3.05, 3.63) is 60.1 Å². The van der Waals surface area contributed by atoms with Gasteiger partial charge in [-0.2, -0.15) is 4.98 Å². The van der Waals surface area contributed by atoms with Gasteiger partial charge in [0.2, 0.25) is 5.88 Å². The average molecular weight is 362 g/mol. The van der Waals surface area contributed by atoms with E-state index >= 15 is 0 Å². The molecular weight excluding hydrogens is 340 g/mol. The maximum Gasteiger partial charge on any atom is 0.224 e. The molecule has 1 saturated carbocycles. The Kier molecular flexibility index (Phi) is 4.71. The SMILES string of the molecule is COc1cnccc1-c1cnc(C)nc1OCC1CC1c1ccc(C)cn1. The fourth-order valence-electron chi connectivity index (χ4n) is 3.19. The summed E-state index contributed by atoms with van der Waals surface area (Å²) in [6.45, 7) is 4.52. The van der Waals surface area contributed by atoms with Crippen LogP contribution in [0, 0.1) is 19.8 Å². The lowest BCUT2D eigenvalue weighted by atomic mass is 10.1. The zero-order valence-electron chi connectivity index (χ0n) is 15.7. The Hall–Kier alpha value is -3.02. The first-order valence-electron chi connectivity index (χ1n) is 9.03. The zero-order chi connectivity index (χ0) is 18.8. The van der Waals surface area contributed by atoms with Crippen LogP contribution in [0.1, 0.15) is 29.4 Å². The summed E-state index contributed by atoms with van der Waals surface area (Å²) in [4.78, 5) is 17.5. The highest BCUT2D eigenvalue weighted by atomic mass is 16.5. The van der Waals surface area contributed by atoms with E-state index in [9.17, 15) is 0 Å². The van der Waals surface area contributed by atoms with Gasteiger partial charge in [-0.3, -0.25) is 9.97 Å². The fraction of sp³-hybridized carbons (Fsp3) is 0.333. The van der Waals surface area contributed by atoms with Crippen molar-refractivity contribution in [2.45, 2.75) is 26.2 Å². The van der Waals surface area contributed by atoms with Crippen LogP contribution >= 0.6 is 0 Å². The first kappa shape index (κ1) is 17.4. The number of aryl methyl sites for hydroxylation is 2. The molecule has 0 spiro atoms. The average Bonchev–Trinajstić information content (AvgIpc) is 3.47. The third kappa shape index (κ3) is 3.74. The number of methoxy groups -OCH3 is 1. The molecule has 0 aromatic carbocycles. The van der Waals surface area contributed by atoms with E-state index in [4.69, 9.17) is 9.47 Å². The Morgan fingerprint density at radius 2 is 1.93 bits per heavy atom. The van der Waals surface area contributed by atoms with E-state index in [0.717, 1.165) is 23.2 Å². The number of pyridine rings is 2. The van der Waals surface area contributed by atoms with Gasteiger partial charge in [0.1, 0.15) is 11.6 Å². The monoisotopic (exact) mass is 362 g/mol. The van der Waals surface area contributed by atoms with Gasteiger partial charge in [-0.05, 0) is 38.0 Å². The second kappa shape index (κ2) is 7.31. The van der Waals surface area contributed by atoms with Gasteiger partial charge in [0.25, 0.3) is 0 Å². The molecule has 1 aliphatic rings. The third-order valence-electron chi connectivity index (χ3n) is 4.84. The normalized spacial score (nSPS) is 18.2. The van der Waals surface area contributed by atoms with Gasteiger partial charge in [0.05, 0.1) is 25.5 Å². The molecular formula is C21H22N4O2. The first-order valence-corrected chi connectivity index (χ1v) is 9.03. The van der Waals surface area contributed by atoms with Crippen molar-refractivity contribution in [3.8, 4) is 22.8 Å². The Labute approximate surface area is 158 Å². The van der Waals surface area contributed by atoms with Crippen LogP contribution in [0.5, 0.6) is 11.6 Å². The van der Waals surface area contributed by atoms with Crippen molar-refractivity contribution >= 4 is 0 Å². The molecule has 0 aliphatic heterocycles. The Balaban J connectivity index is 1.51. The van der Waals surface area contributed by atoms with E-state index in [0.29, 0.717) is 35.9 Å². The Morgan fingerprint density at radius 1 is 1.04 bits per heavy atom. The first-order chi connectivity index (χ1) is 13.2. The standard InChI is InChI=1S/C21H22N4O2/c1-13-4-5-19(24-9-13)17-8-15(17)12-27-21-18(10-23-14(2)25-21)16-6-7-22-11-20(16)26-3/h4-7,9-11,15,17H,8,12H2,1-3H3. The molecule has 27 heavy (non-hydrogen) atoms. The van der Waals surface area contributed by atoms with Gasteiger partial charge < -0.3 is 9.47 Å².